The number of alkyl carbamates (subject to hydrolysis) is 1. The Labute approximate surface area is 107 Å². The zero-order chi connectivity index (χ0) is 14.2. The number of ether oxygens (including phenoxy) is 1. The summed E-state index contributed by atoms with van der Waals surface area (Å²) in [4.78, 5) is 23.0. The number of amides is 1. The van der Waals surface area contributed by atoms with E-state index in [1.807, 2.05) is 6.92 Å². The molecular formula is C13H20NO4-. The van der Waals surface area contributed by atoms with E-state index in [0.717, 1.165) is 0 Å². The molecule has 0 bridgehead atoms. The van der Waals surface area contributed by atoms with Crippen LogP contribution in [0.5, 0.6) is 0 Å². The van der Waals surface area contributed by atoms with Gasteiger partial charge in [0.1, 0.15) is 5.60 Å². The number of rotatable bonds is 4. The molecule has 0 radical (unpaired) electrons. The first kappa shape index (κ1) is 14.5. The summed E-state index contributed by atoms with van der Waals surface area (Å²) >= 11 is 0. The first-order valence-electron chi connectivity index (χ1n) is 5.99. The molecule has 1 saturated carbocycles. The number of aliphatic carboxylic acids is 1. The Morgan fingerprint density at radius 2 is 2.06 bits per heavy atom. The predicted octanol–water partition coefficient (Wildman–Crippen LogP) is 0.986. The first-order chi connectivity index (χ1) is 8.12. The van der Waals surface area contributed by atoms with E-state index in [4.69, 9.17) is 4.74 Å². The molecule has 5 nitrogen and oxygen atoms in total. The van der Waals surface area contributed by atoms with Crippen LogP contribution in [0.4, 0.5) is 4.79 Å². The van der Waals surface area contributed by atoms with Crippen molar-refractivity contribution in [3.63, 3.8) is 0 Å². The van der Waals surface area contributed by atoms with E-state index in [2.05, 4.69) is 11.9 Å². The van der Waals surface area contributed by atoms with Crippen molar-refractivity contribution in [2.75, 3.05) is 0 Å². The minimum absolute atomic E-state index is 0.293. The molecule has 1 N–H and O–H groups in total. The van der Waals surface area contributed by atoms with E-state index in [-0.39, 0.29) is 0 Å². The van der Waals surface area contributed by atoms with Crippen molar-refractivity contribution in [3.05, 3.63) is 12.7 Å². The molecule has 1 rings (SSSR count). The van der Waals surface area contributed by atoms with Crippen molar-refractivity contribution >= 4 is 12.1 Å². The topological polar surface area (TPSA) is 78.5 Å². The zero-order valence-corrected chi connectivity index (χ0v) is 11.3. The molecule has 18 heavy (non-hydrogen) atoms. The number of hydrogen-bond donors (Lipinski definition) is 1. The van der Waals surface area contributed by atoms with Crippen molar-refractivity contribution in [3.8, 4) is 0 Å². The van der Waals surface area contributed by atoms with Gasteiger partial charge in [-0.1, -0.05) is 13.0 Å². The summed E-state index contributed by atoms with van der Waals surface area (Å²) in [5, 5.41) is 13.7. The van der Waals surface area contributed by atoms with Crippen molar-refractivity contribution < 1.29 is 19.4 Å². The summed E-state index contributed by atoms with van der Waals surface area (Å²) in [5.41, 5.74) is -2.69. The van der Waals surface area contributed by atoms with Gasteiger partial charge in [0, 0.05) is 5.41 Å². The lowest BCUT2D eigenvalue weighted by Crippen LogP contribution is -2.54. The van der Waals surface area contributed by atoms with Gasteiger partial charge in [-0.3, -0.25) is 0 Å². The summed E-state index contributed by atoms with van der Waals surface area (Å²) in [7, 11) is 0. The van der Waals surface area contributed by atoms with Crippen LogP contribution in [0.2, 0.25) is 0 Å². The van der Waals surface area contributed by atoms with Crippen LogP contribution in [-0.2, 0) is 9.53 Å². The van der Waals surface area contributed by atoms with Crippen LogP contribution in [0.25, 0.3) is 0 Å². The molecule has 1 amide bonds. The van der Waals surface area contributed by atoms with Crippen molar-refractivity contribution in [2.24, 2.45) is 5.41 Å². The Morgan fingerprint density at radius 3 is 2.33 bits per heavy atom. The highest BCUT2D eigenvalue weighted by Gasteiger charge is 2.67. The average Bonchev–Trinajstić information content (AvgIpc) is 2.85. The largest absolute Gasteiger partial charge is 0.548 e. The number of nitrogens with one attached hydrogen (secondary N) is 1. The maximum Gasteiger partial charge on any atom is 0.408 e. The normalized spacial score (nSPS) is 30.4. The lowest BCUT2D eigenvalue weighted by Gasteiger charge is -2.27. The molecule has 0 unspecified atom stereocenters. The van der Waals surface area contributed by atoms with Crippen LogP contribution in [0.1, 0.15) is 40.5 Å². The van der Waals surface area contributed by atoms with E-state index >= 15 is 0 Å². The van der Waals surface area contributed by atoms with Crippen LogP contribution in [0.15, 0.2) is 12.7 Å². The number of carboxylic acids is 1. The van der Waals surface area contributed by atoms with Gasteiger partial charge in [-0.2, -0.15) is 0 Å². The molecule has 2 atom stereocenters. The van der Waals surface area contributed by atoms with Crippen LogP contribution >= 0.6 is 0 Å². The van der Waals surface area contributed by atoms with Gasteiger partial charge in [0.25, 0.3) is 0 Å². The van der Waals surface area contributed by atoms with Crippen molar-refractivity contribution in [2.45, 2.75) is 51.7 Å². The van der Waals surface area contributed by atoms with Gasteiger partial charge >= 0.3 is 6.09 Å². The molecule has 0 aromatic carbocycles. The molecule has 1 aliphatic rings. The molecule has 0 heterocycles. The number of carboxylic acid groups (broad SMARTS) is 1. The molecule has 1 fully saturated rings. The van der Waals surface area contributed by atoms with E-state index in [1.54, 1.807) is 26.8 Å². The highest BCUT2D eigenvalue weighted by Crippen LogP contribution is 2.59. The monoisotopic (exact) mass is 254 g/mol. The molecule has 0 spiro atoms. The second-order valence-electron chi connectivity index (χ2n) is 5.71. The lowest BCUT2D eigenvalue weighted by molar-refractivity contribution is -0.311. The fourth-order valence-corrected chi connectivity index (χ4v) is 2.22. The summed E-state index contributed by atoms with van der Waals surface area (Å²) < 4.78 is 5.07. The Bertz CT molecular complexity index is 385. The van der Waals surface area contributed by atoms with Gasteiger partial charge < -0.3 is 20.0 Å². The van der Waals surface area contributed by atoms with Crippen LogP contribution in [0.3, 0.4) is 0 Å². The van der Waals surface area contributed by atoms with Crippen LogP contribution in [0, 0.1) is 5.41 Å². The molecule has 0 saturated heterocycles. The maximum absolute atomic E-state index is 11.7. The van der Waals surface area contributed by atoms with E-state index in [9.17, 15) is 14.7 Å². The van der Waals surface area contributed by atoms with E-state index in [0.29, 0.717) is 12.8 Å². The van der Waals surface area contributed by atoms with E-state index in [1.165, 1.54) is 0 Å². The highest BCUT2D eigenvalue weighted by atomic mass is 16.6. The van der Waals surface area contributed by atoms with Gasteiger partial charge in [-0.15, -0.1) is 6.58 Å². The molecule has 1 aliphatic carbocycles. The number of carbonyl (C=O) groups is 2. The SMILES string of the molecule is C=C[C@]1(CC)C[C@]1(NC(=O)OC(C)(C)C)C(=O)[O-]. The van der Waals surface area contributed by atoms with Gasteiger partial charge in [0.15, 0.2) is 0 Å². The van der Waals surface area contributed by atoms with Crippen molar-refractivity contribution in [1.82, 2.24) is 5.32 Å². The zero-order valence-electron chi connectivity index (χ0n) is 11.3. The third-order valence-corrected chi connectivity index (χ3v) is 3.39. The standard InChI is InChI=1S/C13H21NO4/c1-6-12(7-2)8-13(12,9(15)16)14-10(17)18-11(3,4)5/h6H,1,7-8H2,2-5H3,(H,14,17)(H,15,16)/p-1/t12-,13-/m0/s1. The van der Waals surface area contributed by atoms with Gasteiger partial charge in [0.2, 0.25) is 0 Å². The number of hydrogen-bond acceptors (Lipinski definition) is 4. The summed E-state index contributed by atoms with van der Waals surface area (Å²) in [6.07, 6.45) is 1.69. The minimum atomic E-state index is -1.38. The smallest absolute Gasteiger partial charge is 0.408 e. The van der Waals surface area contributed by atoms with Gasteiger partial charge in [0.05, 0.1) is 11.5 Å². The minimum Gasteiger partial charge on any atom is -0.548 e. The molecule has 0 aliphatic heterocycles. The average molecular weight is 254 g/mol. The Hall–Kier alpha value is -1.52. The lowest BCUT2D eigenvalue weighted by atomic mass is 9.96. The number of carbonyl (C=O) groups excluding carboxylic acids is 2. The third-order valence-electron chi connectivity index (χ3n) is 3.39. The fraction of sp³-hybridized carbons (Fsp3) is 0.692. The summed E-state index contributed by atoms with van der Waals surface area (Å²) in [6, 6.07) is 0. The highest BCUT2D eigenvalue weighted by molar-refractivity contribution is 5.89. The maximum atomic E-state index is 11.7. The second kappa shape index (κ2) is 4.30. The van der Waals surface area contributed by atoms with Crippen LogP contribution in [-0.4, -0.2) is 23.2 Å². The molecule has 0 aromatic rings. The van der Waals surface area contributed by atoms with Crippen LogP contribution < -0.4 is 10.4 Å². The molecule has 0 aromatic heterocycles. The van der Waals surface area contributed by atoms with E-state index < -0.39 is 28.6 Å². The second-order valence-corrected chi connectivity index (χ2v) is 5.71. The molecular weight excluding hydrogens is 234 g/mol. The Kier molecular flexibility index (Phi) is 3.47. The Morgan fingerprint density at radius 1 is 1.50 bits per heavy atom. The molecule has 102 valence electrons. The van der Waals surface area contributed by atoms with Gasteiger partial charge in [-0.25, -0.2) is 4.79 Å². The quantitative estimate of drug-likeness (QED) is 0.759. The third kappa shape index (κ3) is 2.35. The van der Waals surface area contributed by atoms with Crippen molar-refractivity contribution in [1.29, 1.82) is 0 Å². The predicted molar refractivity (Wildman–Crippen MR) is 64.6 cm³/mol. The summed E-state index contributed by atoms with van der Waals surface area (Å²) in [6.45, 7) is 10.6. The first-order valence-corrected chi connectivity index (χ1v) is 5.99. The Balaban J connectivity index is 2.83. The molecule has 5 heteroatoms. The fourth-order valence-electron chi connectivity index (χ4n) is 2.22. The van der Waals surface area contributed by atoms with Gasteiger partial charge in [-0.05, 0) is 33.6 Å². The summed E-state index contributed by atoms with van der Waals surface area (Å²) in [5.74, 6) is -1.30.